The fourth-order valence-electron chi connectivity index (χ4n) is 1.82. The molecule has 0 aliphatic carbocycles. The number of benzene rings is 1. The Labute approximate surface area is 94.7 Å². The molecule has 2 rings (SSSR count). The van der Waals surface area contributed by atoms with Crippen molar-refractivity contribution in [3.05, 3.63) is 29.1 Å². The highest BCUT2D eigenvalue weighted by Crippen LogP contribution is 2.20. The van der Waals surface area contributed by atoms with Crippen LogP contribution in [0.4, 0.5) is 0 Å². The molecule has 0 aliphatic rings. The Morgan fingerprint density at radius 3 is 2.69 bits per heavy atom. The van der Waals surface area contributed by atoms with Crippen molar-refractivity contribution in [2.24, 2.45) is 0 Å². The summed E-state index contributed by atoms with van der Waals surface area (Å²) in [6.07, 6.45) is 5.32. The zero-order valence-corrected chi connectivity index (χ0v) is 9.49. The highest BCUT2D eigenvalue weighted by molar-refractivity contribution is 5.78. The van der Waals surface area contributed by atoms with E-state index in [1.54, 1.807) is 0 Å². The summed E-state index contributed by atoms with van der Waals surface area (Å²) in [6.45, 7) is 4.46. The van der Waals surface area contributed by atoms with Crippen molar-refractivity contribution in [2.75, 3.05) is 0 Å². The molecule has 1 aromatic heterocycles. The first kappa shape index (κ1) is 10.7. The Morgan fingerprint density at radius 2 is 2.06 bits per heavy atom. The van der Waals surface area contributed by atoms with Gasteiger partial charge in [-0.1, -0.05) is 5.92 Å². The molecule has 0 saturated carbocycles. The normalized spacial score (nSPS) is 10.6. The number of aromatic nitrogens is 2. The molecule has 3 nitrogen and oxygen atoms in total. The minimum Gasteiger partial charge on any atom is -0.388 e. The van der Waals surface area contributed by atoms with Gasteiger partial charge in [0, 0.05) is 0 Å². The predicted octanol–water partition coefficient (Wildman–Crippen LogP) is 1.78. The third kappa shape index (κ3) is 1.58. The summed E-state index contributed by atoms with van der Waals surface area (Å²) in [6, 6.07) is 4.09. The van der Waals surface area contributed by atoms with E-state index in [-0.39, 0.29) is 6.61 Å². The number of aryl methyl sites for hydroxylation is 2. The van der Waals surface area contributed by atoms with Crippen molar-refractivity contribution in [3.8, 4) is 12.3 Å². The van der Waals surface area contributed by atoms with E-state index < -0.39 is 0 Å². The number of terminal acetylenes is 1. The van der Waals surface area contributed by atoms with Gasteiger partial charge in [0.2, 0.25) is 0 Å². The van der Waals surface area contributed by atoms with E-state index in [1.807, 2.05) is 17.6 Å². The van der Waals surface area contributed by atoms with Gasteiger partial charge in [0.1, 0.15) is 12.4 Å². The molecule has 16 heavy (non-hydrogen) atoms. The number of imidazole rings is 1. The van der Waals surface area contributed by atoms with E-state index in [1.165, 1.54) is 11.1 Å². The lowest BCUT2D eigenvalue weighted by molar-refractivity contribution is 0.267. The number of rotatable bonds is 2. The van der Waals surface area contributed by atoms with Crippen molar-refractivity contribution in [1.82, 2.24) is 9.55 Å². The molecule has 0 atom stereocenters. The van der Waals surface area contributed by atoms with E-state index >= 15 is 0 Å². The first-order chi connectivity index (χ1) is 7.67. The van der Waals surface area contributed by atoms with Crippen LogP contribution >= 0.6 is 0 Å². The Hall–Kier alpha value is -1.79. The lowest BCUT2D eigenvalue weighted by Gasteiger charge is -2.04. The molecule has 1 heterocycles. The lowest BCUT2D eigenvalue weighted by Crippen LogP contribution is -2.02. The van der Waals surface area contributed by atoms with Gasteiger partial charge in [-0.2, -0.15) is 0 Å². The maximum Gasteiger partial charge on any atom is 0.136 e. The van der Waals surface area contributed by atoms with Crippen LogP contribution in [0, 0.1) is 26.2 Å². The van der Waals surface area contributed by atoms with Crippen LogP contribution in [0.25, 0.3) is 11.0 Å². The molecule has 0 fully saturated rings. The van der Waals surface area contributed by atoms with Crippen molar-refractivity contribution < 1.29 is 5.11 Å². The van der Waals surface area contributed by atoms with Gasteiger partial charge < -0.3 is 9.67 Å². The Morgan fingerprint density at radius 1 is 1.38 bits per heavy atom. The summed E-state index contributed by atoms with van der Waals surface area (Å²) in [5.41, 5.74) is 4.28. The highest BCUT2D eigenvalue weighted by Gasteiger charge is 2.10. The monoisotopic (exact) mass is 214 g/mol. The van der Waals surface area contributed by atoms with Gasteiger partial charge >= 0.3 is 0 Å². The smallest absolute Gasteiger partial charge is 0.136 e. The number of aliphatic hydroxyl groups excluding tert-OH is 1. The maximum absolute atomic E-state index is 9.23. The average molecular weight is 214 g/mol. The maximum atomic E-state index is 9.23. The third-order valence-electron chi connectivity index (χ3n) is 2.83. The van der Waals surface area contributed by atoms with Crippen LogP contribution in [0.5, 0.6) is 0 Å². The van der Waals surface area contributed by atoms with E-state index in [9.17, 15) is 5.11 Å². The van der Waals surface area contributed by atoms with Gasteiger partial charge in [-0.3, -0.25) is 0 Å². The lowest BCUT2D eigenvalue weighted by atomic mass is 10.1. The van der Waals surface area contributed by atoms with Crippen LogP contribution in [0.1, 0.15) is 17.0 Å². The second-order valence-electron chi connectivity index (χ2n) is 3.90. The quantitative estimate of drug-likeness (QED) is 0.774. The molecular formula is C13H14N2O. The minimum atomic E-state index is -0.0888. The molecule has 1 N–H and O–H groups in total. The number of nitrogens with zero attached hydrogens (tertiary/aromatic N) is 2. The molecule has 82 valence electrons. The Bertz CT molecular complexity index is 576. The van der Waals surface area contributed by atoms with Crippen LogP contribution in [-0.4, -0.2) is 14.7 Å². The van der Waals surface area contributed by atoms with E-state index in [0.29, 0.717) is 12.4 Å². The Balaban J connectivity index is 2.75. The van der Waals surface area contributed by atoms with Crippen molar-refractivity contribution >= 4 is 11.0 Å². The van der Waals surface area contributed by atoms with Crippen LogP contribution in [-0.2, 0) is 13.2 Å². The fraction of sp³-hybridized carbons (Fsp3) is 0.308. The molecule has 2 aromatic rings. The first-order valence-corrected chi connectivity index (χ1v) is 5.18. The van der Waals surface area contributed by atoms with Gasteiger partial charge in [0.25, 0.3) is 0 Å². The largest absolute Gasteiger partial charge is 0.388 e. The molecule has 0 unspecified atom stereocenters. The van der Waals surface area contributed by atoms with Crippen molar-refractivity contribution in [2.45, 2.75) is 27.0 Å². The van der Waals surface area contributed by atoms with Gasteiger partial charge in [-0.25, -0.2) is 4.98 Å². The number of hydrogen-bond donors (Lipinski definition) is 1. The summed E-state index contributed by atoms with van der Waals surface area (Å²) in [5.74, 6) is 3.21. The summed E-state index contributed by atoms with van der Waals surface area (Å²) >= 11 is 0. The molecule has 0 amide bonds. The number of fused-ring (bicyclic) bond motifs is 1. The summed E-state index contributed by atoms with van der Waals surface area (Å²) < 4.78 is 1.88. The SMILES string of the molecule is C#CCn1c(CO)nc2cc(C)c(C)cc21. The van der Waals surface area contributed by atoms with E-state index in [0.717, 1.165) is 11.0 Å². The van der Waals surface area contributed by atoms with E-state index in [2.05, 4.69) is 23.9 Å². The number of aliphatic hydroxyl groups is 1. The van der Waals surface area contributed by atoms with Gasteiger partial charge in [0.15, 0.2) is 0 Å². The first-order valence-electron chi connectivity index (χ1n) is 5.18. The zero-order valence-electron chi connectivity index (χ0n) is 9.49. The third-order valence-corrected chi connectivity index (χ3v) is 2.83. The molecule has 0 spiro atoms. The van der Waals surface area contributed by atoms with Crippen LogP contribution in [0.2, 0.25) is 0 Å². The standard InChI is InChI=1S/C13H14N2O/c1-4-5-15-12-7-10(3)9(2)6-11(12)14-13(15)8-16/h1,6-7,16H,5,8H2,2-3H3. The van der Waals surface area contributed by atoms with Crippen molar-refractivity contribution in [3.63, 3.8) is 0 Å². The van der Waals surface area contributed by atoms with Gasteiger partial charge in [-0.15, -0.1) is 6.42 Å². The second-order valence-corrected chi connectivity index (χ2v) is 3.90. The van der Waals surface area contributed by atoms with Crippen molar-refractivity contribution in [1.29, 1.82) is 0 Å². The molecule has 0 bridgehead atoms. The Kier molecular flexibility index (Phi) is 2.67. The molecule has 0 saturated heterocycles. The van der Waals surface area contributed by atoms with Crippen LogP contribution in [0.3, 0.4) is 0 Å². The molecule has 0 aliphatic heterocycles. The van der Waals surface area contributed by atoms with Crippen LogP contribution < -0.4 is 0 Å². The summed E-state index contributed by atoms with van der Waals surface area (Å²) in [4.78, 5) is 4.37. The topological polar surface area (TPSA) is 38.0 Å². The summed E-state index contributed by atoms with van der Waals surface area (Å²) in [7, 11) is 0. The summed E-state index contributed by atoms with van der Waals surface area (Å²) in [5, 5.41) is 9.23. The number of hydrogen-bond acceptors (Lipinski definition) is 2. The van der Waals surface area contributed by atoms with Gasteiger partial charge in [-0.05, 0) is 37.1 Å². The zero-order chi connectivity index (χ0) is 11.7. The predicted molar refractivity (Wildman–Crippen MR) is 64.0 cm³/mol. The average Bonchev–Trinajstić information content (AvgIpc) is 2.58. The molecular weight excluding hydrogens is 200 g/mol. The minimum absolute atomic E-state index is 0.0888. The molecule has 1 aromatic carbocycles. The van der Waals surface area contributed by atoms with Crippen LogP contribution in [0.15, 0.2) is 12.1 Å². The van der Waals surface area contributed by atoms with Gasteiger partial charge in [0.05, 0.1) is 17.6 Å². The highest BCUT2D eigenvalue weighted by atomic mass is 16.3. The molecule has 0 radical (unpaired) electrons. The van der Waals surface area contributed by atoms with E-state index in [4.69, 9.17) is 6.42 Å². The fourth-order valence-corrected chi connectivity index (χ4v) is 1.82. The molecule has 3 heteroatoms. The second kappa shape index (κ2) is 3.99.